The molecule has 0 spiro atoms. The summed E-state index contributed by atoms with van der Waals surface area (Å²) in [6.45, 7) is 0. The maximum absolute atomic E-state index is 13.5. The average Bonchev–Trinajstić information content (AvgIpc) is 2.33. The van der Waals surface area contributed by atoms with Gasteiger partial charge >= 0.3 is 0 Å². The van der Waals surface area contributed by atoms with E-state index in [4.69, 9.17) is 22.3 Å². The fourth-order valence-corrected chi connectivity index (χ4v) is 2.50. The Morgan fingerprint density at radius 1 is 1.25 bits per heavy atom. The molecule has 0 aliphatic rings. The van der Waals surface area contributed by atoms with Gasteiger partial charge in [-0.15, -0.1) is 12.4 Å². The van der Waals surface area contributed by atoms with Crippen molar-refractivity contribution in [2.24, 2.45) is 0 Å². The van der Waals surface area contributed by atoms with E-state index < -0.39 is 14.9 Å². The highest BCUT2D eigenvalue weighted by atomic mass is 35.7. The van der Waals surface area contributed by atoms with E-state index in [9.17, 15) is 12.8 Å². The van der Waals surface area contributed by atoms with Gasteiger partial charge in [0.15, 0.2) is 11.6 Å². The van der Waals surface area contributed by atoms with Crippen LogP contribution in [-0.4, -0.2) is 18.4 Å². The van der Waals surface area contributed by atoms with E-state index in [1.165, 1.54) is 18.2 Å². The van der Waals surface area contributed by atoms with Crippen LogP contribution in [0.15, 0.2) is 35.4 Å². The Morgan fingerprint density at radius 2 is 1.90 bits per heavy atom. The summed E-state index contributed by atoms with van der Waals surface area (Å²) in [7, 11) is 1.31. The lowest BCUT2D eigenvalue weighted by atomic mass is 10.3. The molecule has 1 N–H and O–H groups in total. The van der Waals surface area contributed by atoms with Crippen LogP contribution in [0.2, 0.25) is 5.28 Å². The molecule has 0 aliphatic heterocycles. The minimum Gasteiger partial charge on any atom is -0.337 e. The highest BCUT2D eigenvalue weighted by Crippen LogP contribution is 2.27. The number of nitrogens with zero attached hydrogens (tertiary/aromatic N) is 2. The zero-order chi connectivity index (χ0) is 14.0. The van der Waals surface area contributed by atoms with Gasteiger partial charge in [-0.2, -0.15) is 4.98 Å². The highest BCUT2D eigenvalue weighted by Gasteiger charge is 2.16. The zero-order valence-electron chi connectivity index (χ0n) is 9.55. The van der Waals surface area contributed by atoms with Crippen molar-refractivity contribution in [3.05, 3.63) is 41.6 Å². The molecule has 1 aromatic heterocycles. The maximum atomic E-state index is 13.5. The summed E-state index contributed by atoms with van der Waals surface area (Å²) in [5.74, 6) is -1.01. The smallest absolute Gasteiger partial charge is 0.263 e. The Hall–Kier alpha value is -1.15. The van der Waals surface area contributed by atoms with Gasteiger partial charge in [-0.1, -0.05) is 12.1 Å². The van der Waals surface area contributed by atoms with Crippen molar-refractivity contribution >= 4 is 55.2 Å². The third kappa shape index (κ3) is 3.92. The minimum absolute atomic E-state index is 0. The van der Waals surface area contributed by atoms with Crippen LogP contribution in [0.25, 0.3) is 0 Å². The number of halogens is 4. The summed E-state index contributed by atoms with van der Waals surface area (Å²) < 4.78 is 36.2. The highest BCUT2D eigenvalue weighted by molar-refractivity contribution is 8.13. The molecule has 0 fully saturated rings. The second-order valence-corrected chi connectivity index (χ2v) is 6.27. The van der Waals surface area contributed by atoms with Crippen molar-refractivity contribution in [2.75, 3.05) is 5.32 Å². The van der Waals surface area contributed by atoms with Gasteiger partial charge in [0.1, 0.15) is 4.90 Å². The summed E-state index contributed by atoms with van der Waals surface area (Å²) in [5.41, 5.74) is 0.0890. The quantitative estimate of drug-likeness (QED) is 0.673. The van der Waals surface area contributed by atoms with Crippen LogP contribution in [0.3, 0.4) is 0 Å². The molecule has 0 aliphatic carbocycles. The van der Waals surface area contributed by atoms with E-state index in [1.807, 2.05) is 0 Å². The van der Waals surface area contributed by atoms with Gasteiger partial charge in [-0.05, 0) is 23.7 Å². The van der Waals surface area contributed by atoms with Crippen molar-refractivity contribution in [3.63, 3.8) is 0 Å². The largest absolute Gasteiger partial charge is 0.337 e. The normalized spacial score (nSPS) is 10.8. The van der Waals surface area contributed by atoms with Gasteiger partial charge in [-0.3, -0.25) is 0 Å². The van der Waals surface area contributed by atoms with Crippen molar-refractivity contribution in [1.82, 2.24) is 9.97 Å². The molecule has 10 heteroatoms. The molecule has 108 valence electrons. The summed E-state index contributed by atoms with van der Waals surface area (Å²) >= 11 is 5.54. The Balaban J connectivity index is 0.00000200. The average molecular weight is 359 g/mol. The Morgan fingerprint density at radius 3 is 2.55 bits per heavy atom. The van der Waals surface area contributed by atoms with Crippen LogP contribution in [0, 0.1) is 5.82 Å². The number of aromatic nitrogens is 2. The molecular weight excluding hydrogens is 352 g/mol. The SMILES string of the molecule is Cl.O=S(=O)(Cl)c1ccccc1Nc1nc(Cl)ncc1F. The molecule has 0 amide bonds. The van der Waals surface area contributed by atoms with Crippen LogP contribution >= 0.6 is 34.7 Å². The van der Waals surface area contributed by atoms with Crippen LogP contribution in [0.4, 0.5) is 15.9 Å². The molecule has 1 aromatic carbocycles. The fourth-order valence-electron chi connectivity index (χ4n) is 1.34. The Labute approximate surface area is 130 Å². The predicted octanol–water partition coefficient (Wildman–Crippen LogP) is 3.36. The predicted molar refractivity (Wildman–Crippen MR) is 77.0 cm³/mol. The summed E-state index contributed by atoms with van der Waals surface area (Å²) in [4.78, 5) is 6.88. The van der Waals surface area contributed by atoms with Gasteiger partial charge in [0.2, 0.25) is 5.28 Å². The second kappa shape index (κ2) is 6.53. The van der Waals surface area contributed by atoms with Crippen LogP contribution in [0.5, 0.6) is 0 Å². The van der Waals surface area contributed by atoms with E-state index in [1.54, 1.807) is 6.07 Å². The van der Waals surface area contributed by atoms with E-state index in [-0.39, 0.29) is 34.1 Å². The first-order valence-corrected chi connectivity index (χ1v) is 7.55. The summed E-state index contributed by atoms with van der Waals surface area (Å²) in [5, 5.41) is 2.34. The molecule has 0 atom stereocenters. The second-order valence-electron chi connectivity index (χ2n) is 3.39. The van der Waals surface area contributed by atoms with Gasteiger partial charge in [0, 0.05) is 10.7 Å². The Bertz CT molecular complexity index is 727. The topological polar surface area (TPSA) is 72.0 Å². The van der Waals surface area contributed by atoms with Gasteiger partial charge < -0.3 is 5.32 Å². The molecule has 0 bridgehead atoms. The standard InChI is InChI=1S/C10H6Cl2FN3O2S.ClH/c11-10-14-5-6(13)9(16-10)15-7-3-1-2-4-8(7)19(12,17)18;/h1-5H,(H,14,15,16);1H. The van der Waals surface area contributed by atoms with Crippen molar-refractivity contribution in [1.29, 1.82) is 0 Å². The molecule has 0 radical (unpaired) electrons. The summed E-state index contributed by atoms with van der Waals surface area (Å²) in [6.07, 6.45) is 0.871. The van der Waals surface area contributed by atoms with E-state index in [0.717, 1.165) is 6.20 Å². The monoisotopic (exact) mass is 357 g/mol. The number of hydrogen-bond donors (Lipinski definition) is 1. The molecule has 0 unspecified atom stereocenters. The third-order valence-corrected chi connectivity index (χ3v) is 3.68. The van der Waals surface area contributed by atoms with Gasteiger partial charge in [0.05, 0.1) is 11.9 Å². The first kappa shape index (κ1) is 16.9. The molecular formula is C10H7Cl3FN3O2S. The summed E-state index contributed by atoms with van der Waals surface area (Å²) in [6, 6.07) is 5.76. The van der Waals surface area contributed by atoms with Crippen molar-refractivity contribution in [2.45, 2.75) is 4.90 Å². The zero-order valence-corrected chi connectivity index (χ0v) is 12.7. The molecule has 5 nitrogen and oxygen atoms in total. The number of rotatable bonds is 3. The number of anilines is 2. The van der Waals surface area contributed by atoms with Crippen molar-refractivity contribution in [3.8, 4) is 0 Å². The molecule has 2 aromatic rings. The first-order chi connectivity index (χ1) is 8.88. The number of hydrogen-bond acceptors (Lipinski definition) is 5. The lowest BCUT2D eigenvalue weighted by Crippen LogP contribution is -2.03. The Kier molecular flexibility index (Phi) is 5.52. The molecule has 20 heavy (non-hydrogen) atoms. The van der Waals surface area contributed by atoms with Crippen LogP contribution < -0.4 is 5.32 Å². The number of para-hydroxylation sites is 1. The maximum Gasteiger partial charge on any atom is 0.263 e. The molecule has 0 saturated carbocycles. The number of nitrogens with one attached hydrogen (secondary N) is 1. The van der Waals surface area contributed by atoms with Crippen LogP contribution in [0.1, 0.15) is 0 Å². The van der Waals surface area contributed by atoms with Gasteiger partial charge in [-0.25, -0.2) is 17.8 Å². The fraction of sp³-hybridized carbons (Fsp3) is 0. The van der Waals surface area contributed by atoms with E-state index in [0.29, 0.717) is 0 Å². The van der Waals surface area contributed by atoms with Gasteiger partial charge in [0.25, 0.3) is 9.05 Å². The molecule has 1 heterocycles. The third-order valence-electron chi connectivity index (χ3n) is 2.12. The number of benzene rings is 1. The minimum atomic E-state index is -3.97. The lowest BCUT2D eigenvalue weighted by Gasteiger charge is -2.09. The van der Waals surface area contributed by atoms with E-state index in [2.05, 4.69) is 15.3 Å². The molecule has 0 saturated heterocycles. The molecule has 2 rings (SSSR count). The first-order valence-electron chi connectivity index (χ1n) is 4.86. The van der Waals surface area contributed by atoms with E-state index >= 15 is 0 Å². The lowest BCUT2D eigenvalue weighted by molar-refractivity contribution is 0.609. The van der Waals surface area contributed by atoms with Crippen LogP contribution in [-0.2, 0) is 9.05 Å². The van der Waals surface area contributed by atoms with Crippen molar-refractivity contribution < 1.29 is 12.8 Å².